The van der Waals surface area contributed by atoms with Gasteiger partial charge in [-0.2, -0.15) is 0 Å². The summed E-state index contributed by atoms with van der Waals surface area (Å²) in [4.78, 5) is 0. The van der Waals surface area contributed by atoms with Gasteiger partial charge in [0.15, 0.2) is 0 Å². The van der Waals surface area contributed by atoms with Crippen molar-refractivity contribution in [1.82, 2.24) is 5.32 Å². The minimum absolute atomic E-state index is 0.138. The Hall–Kier alpha value is 0.130. The third kappa shape index (κ3) is 3.17. The van der Waals surface area contributed by atoms with E-state index < -0.39 is 0 Å². The Labute approximate surface area is 133 Å². The largest absolute Gasteiger partial charge is 0.309 e. The number of thiophene rings is 1. The molecule has 1 aromatic carbocycles. The molecule has 0 aliphatic heterocycles. The van der Waals surface area contributed by atoms with Crippen LogP contribution in [0.15, 0.2) is 31.8 Å². The van der Waals surface area contributed by atoms with Crippen LogP contribution >= 0.6 is 54.8 Å². The average Bonchev–Trinajstić information content (AvgIpc) is 2.58. The molecule has 1 N–H and O–H groups in total. The Morgan fingerprint density at radius 1 is 1.22 bits per heavy atom. The molecule has 1 unspecified atom stereocenters. The predicted octanol–water partition coefficient (Wildman–Crippen LogP) is 5.54. The predicted molar refractivity (Wildman–Crippen MR) is 86.8 cm³/mol. The van der Waals surface area contributed by atoms with Gasteiger partial charge in [0.2, 0.25) is 0 Å². The zero-order valence-corrected chi connectivity index (χ0v) is 14.7. The lowest BCUT2D eigenvalue weighted by molar-refractivity contribution is 0.691. The molecule has 96 valence electrons. The molecule has 0 spiro atoms. The first-order valence-electron chi connectivity index (χ1n) is 5.40. The topological polar surface area (TPSA) is 12.0 Å². The Morgan fingerprint density at radius 3 is 2.44 bits per heavy atom. The number of halogens is 3. The molecule has 18 heavy (non-hydrogen) atoms. The molecule has 1 heterocycles. The second-order valence-electron chi connectivity index (χ2n) is 4.06. The molecular formula is C13H12Br2ClNS. The summed E-state index contributed by atoms with van der Waals surface area (Å²) in [5.74, 6) is 0. The van der Waals surface area contributed by atoms with Crippen LogP contribution in [0.4, 0.5) is 0 Å². The quantitative estimate of drug-likeness (QED) is 0.701. The Kier molecular flexibility index (Phi) is 4.89. The Balaban J connectivity index is 2.48. The molecule has 0 aliphatic rings. The van der Waals surface area contributed by atoms with Crippen molar-refractivity contribution >= 4 is 54.8 Å². The van der Waals surface area contributed by atoms with Crippen LogP contribution in [-0.2, 0) is 0 Å². The molecule has 5 heteroatoms. The van der Waals surface area contributed by atoms with Crippen LogP contribution in [0.25, 0.3) is 0 Å². The van der Waals surface area contributed by atoms with E-state index in [-0.39, 0.29) is 6.04 Å². The third-order valence-corrected chi connectivity index (χ3v) is 5.28. The molecule has 0 amide bonds. The number of aryl methyl sites for hydroxylation is 1. The van der Waals surface area contributed by atoms with E-state index in [0.717, 1.165) is 12.6 Å². The van der Waals surface area contributed by atoms with Gasteiger partial charge in [0.1, 0.15) is 0 Å². The van der Waals surface area contributed by atoms with Gasteiger partial charge in [0, 0.05) is 5.02 Å². The molecule has 1 atom stereocenters. The van der Waals surface area contributed by atoms with Crippen molar-refractivity contribution in [2.24, 2.45) is 0 Å². The SMILES string of the molecule is CNC(c1cc(C)cc(Cl)c1)c1cc(Br)sc1Br. The summed E-state index contributed by atoms with van der Waals surface area (Å²) in [5.41, 5.74) is 3.56. The lowest BCUT2D eigenvalue weighted by Gasteiger charge is -2.17. The molecular weight excluding hydrogens is 397 g/mol. The van der Waals surface area contributed by atoms with Crippen LogP contribution in [0.1, 0.15) is 22.7 Å². The zero-order valence-electron chi connectivity index (χ0n) is 9.93. The zero-order chi connectivity index (χ0) is 13.3. The fourth-order valence-electron chi connectivity index (χ4n) is 1.98. The molecule has 1 aromatic heterocycles. The molecule has 0 radical (unpaired) electrons. The van der Waals surface area contributed by atoms with E-state index in [1.807, 2.05) is 19.2 Å². The number of rotatable bonds is 3. The standard InChI is InChI=1S/C13H12Br2ClNS/c1-7-3-8(5-9(16)4-7)12(17-2)10-6-11(14)18-13(10)15/h3-6,12,17H,1-2H3. The van der Waals surface area contributed by atoms with Gasteiger partial charge in [0.25, 0.3) is 0 Å². The van der Waals surface area contributed by atoms with Gasteiger partial charge in [-0.1, -0.05) is 17.7 Å². The van der Waals surface area contributed by atoms with Crippen LogP contribution in [0.3, 0.4) is 0 Å². The van der Waals surface area contributed by atoms with Gasteiger partial charge in [-0.05, 0) is 80.7 Å². The van der Waals surface area contributed by atoms with Crippen molar-refractivity contribution in [2.45, 2.75) is 13.0 Å². The summed E-state index contributed by atoms with van der Waals surface area (Å²) in [6, 6.07) is 8.40. The normalized spacial score (nSPS) is 12.7. The van der Waals surface area contributed by atoms with Crippen LogP contribution in [-0.4, -0.2) is 7.05 Å². The van der Waals surface area contributed by atoms with Gasteiger partial charge in [-0.25, -0.2) is 0 Å². The number of hydrogen-bond acceptors (Lipinski definition) is 2. The van der Waals surface area contributed by atoms with Crippen molar-refractivity contribution in [3.8, 4) is 0 Å². The first-order valence-corrected chi connectivity index (χ1v) is 8.18. The molecule has 0 bridgehead atoms. The summed E-state index contributed by atoms with van der Waals surface area (Å²) >= 11 is 14.9. The first kappa shape index (κ1) is 14.5. The highest BCUT2D eigenvalue weighted by molar-refractivity contribution is 9.12. The molecule has 2 aromatic rings. The van der Waals surface area contributed by atoms with E-state index in [1.54, 1.807) is 11.3 Å². The lowest BCUT2D eigenvalue weighted by atomic mass is 10.00. The number of benzene rings is 1. The maximum absolute atomic E-state index is 6.14. The summed E-state index contributed by atoms with van der Waals surface area (Å²) in [6.07, 6.45) is 0. The summed E-state index contributed by atoms with van der Waals surface area (Å²) < 4.78 is 2.25. The van der Waals surface area contributed by atoms with Crippen LogP contribution < -0.4 is 5.32 Å². The van der Waals surface area contributed by atoms with Crippen molar-refractivity contribution < 1.29 is 0 Å². The van der Waals surface area contributed by atoms with E-state index in [9.17, 15) is 0 Å². The van der Waals surface area contributed by atoms with Gasteiger partial charge in [-0.15, -0.1) is 11.3 Å². The van der Waals surface area contributed by atoms with E-state index >= 15 is 0 Å². The maximum atomic E-state index is 6.14. The summed E-state index contributed by atoms with van der Waals surface area (Å²) in [7, 11) is 1.96. The van der Waals surface area contributed by atoms with Gasteiger partial charge < -0.3 is 5.32 Å². The smallest absolute Gasteiger partial charge is 0.0761 e. The van der Waals surface area contributed by atoms with Gasteiger partial charge in [0.05, 0.1) is 13.6 Å². The third-order valence-electron chi connectivity index (χ3n) is 2.68. The van der Waals surface area contributed by atoms with E-state index in [4.69, 9.17) is 11.6 Å². The van der Waals surface area contributed by atoms with Crippen molar-refractivity contribution in [1.29, 1.82) is 0 Å². The van der Waals surface area contributed by atoms with Crippen LogP contribution in [0.5, 0.6) is 0 Å². The fraction of sp³-hybridized carbons (Fsp3) is 0.231. The van der Waals surface area contributed by atoms with E-state index in [2.05, 4.69) is 56.2 Å². The minimum Gasteiger partial charge on any atom is -0.309 e. The lowest BCUT2D eigenvalue weighted by Crippen LogP contribution is -2.17. The molecule has 0 aliphatic carbocycles. The first-order chi connectivity index (χ1) is 8.51. The molecule has 1 nitrogen and oxygen atoms in total. The summed E-state index contributed by atoms with van der Waals surface area (Å²) in [6.45, 7) is 2.06. The molecule has 0 saturated carbocycles. The number of nitrogens with one attached hydrogen (secondary N) is 1. The Bertz CT molecular complexity index is 548. The molecule has 2 rings (SSSR count). The van der Waals surface area contributed by atoms with E-state index in [0.29, 0.717) is 0 Å². The van der Waals surface area contributed by atoms with Crippen molar-refractivity contribution in [3.63, 3.8) is 0 Å². The second-order valence-corrected chi connectivity index (χ2v) is 8.25. The minimum atomic E-state index is 0.138. The maximum Gasteiger partial charge on any atom is 0.0761 e. The Morgan fingerprint density at radius 2 is 1.94 bits per heavy atom. The van der Waals surface area contributed by atoms with Crippen molar-refractivity contribution in [2.75, 3.05) is 7.05 Å². The fourth-order valence-corrected chi connectivity index (χ4v) is 5.18. The van der Waals surface area contributed by atoms with Crippen LogP contribution in [0.2, 0.25) is 5.02 Å². The summed E-state index contributed by atoms with van der Waals surface area (Å²) in [5, 5.41) is 4.11. The highest BCUT2D eigenvalue weighted by Gasteiger charge is 2.18. The van der Waals surface area contributed by atoms with Crippen LogP contribution in [0, 0.1) is 6.92 Å². The molecule has 0 fully saturated rings. The van der Waals surface area contributed by atoms with Crippen molar-refractivity contribution in [3.05, 3.63) is 53.6 Å². The van der Waals surface area contributed by atoms with Gasteiger partial charge >= 0.3 is 0 Å². The van der Waals surface area contributed by atoms with E-state index in [1.165, 1.54) is 16.7 Å². The molecule has 0 saturated heterocycles. The number of hydrogen-bond donors (Lipinski definition) is 1. The highest BCUT2D eigenvalue weighted by Crippen LogP contribution is 2.38. The second kappa shape index (κ2) is 6.06. The monoisotopic (exact) mass is 407 g/mol. The van der Waals surface area contributed by atoms with Gasteiger partial charge in [-0.3, -0.25) is 0 Å². The highest BCUT2D eigenvalue weighted by atomic mass is 79.9. The average molecular weight is 410 g/mol.